The number of rotatable bonds is 0. The zero-order valence-corrected chi connectivity index (χ0v) is 22.3. The van der Waals surface area contributed by atoms with Crippen LogP contribution >= 0.6 is 0 Å². The second-order valence-electron chi connectivity index (χ2n) is 0.0816. The molecule has 0 aromatic carbocycles. The van der Waals surface area contributed by atoms with Crippen molar-refractivity contribution in [1.82, 2.24) is 0 Å². The van der Waals surface area contributed by atoms with E-state index >= 15 is 0 Å². The Labute approximate surface area is 203 Å². The molecule has 0 radical (unpaired) electrons. The first kappa shape index (κ1) is 123. The zero-order valence-electron chi connectivity index (χ0n) is 6.95. The average Bonchev–Trinajstić information content (AvgIpc) is 0.918. The van der Waals surface area contributed by atoms with E-state index < -0.39 is 0 Å². The summed E-state index contributed by atoms with van der Waals surface area (Å²) in [5.74, 6) is 0. The van der Waals surface area contributed by atoms with Gasteiger partial charge in [0, 0.05) is 31.1 Å². The summed E-state index contributed by atoms with van der Waals surface area (Å²) in [7, 11) is 0. The van der Waals surface area contributed by atoms with Crippen LogP contribution in [0.5, 0.6) is 0 Å². The van der Waals surface area contributed by atoms with Crippen LogP contribution in [0.4, 0.5) is 0 Å². The fraction of sp³-hybridized carbons (Fsp3) is 0. The summed E-state index contributed by atoms with van der Waals surface area (Å²) in [6.07, 6.45) is 0. The molecule has 0 bridgehead atoms. The van der Waals surface area contributed by atoms with Crippen LogP contribution in [0.1, 0.15) is 0 Å². The molecule has 8 nitrogen and oxygen atoms in total. The number of hydrogen-bond donors (Lipinski definition) is 2. The SMILES string of the molecule is OOO.[Ca+2].[Na+].[Nb+5].[O-2].[O-2].[O-2].[O-2].[O-2].[Ta+5].[Ti+4].[U]. The molecule has 0 aromatic rings. The molecule has 0 atom stereocenters. The molecule has 0 aromatic heterocycles. The topological polar surface area (TPSA) is 192 Å². The molecule has 0 heterocycles. The molecule has 14 heavy (non-hydrogen) atoms. The van der Waals surface area contributed by atoms with Gasteiger partial charge < -0.3 is 27.4 Å². The van der Waals surface area contributed by atoms with Gasteiger partial charge in [0.15, 0.2) is 0 Å². The summed E-state index contributed by atoms with van der Waals surface area (Å²) in [5.41, 5.74) is 0. The Morgan fingerprint density at radius 1 is 0.786 bits per heavy atom. The molecule has 64 valence electrons. The Kier molecular flexibility index (Phi) is 1230. The third-order valence-corrected chi connectivity index (χ3v) is 0. The molecule has 0 saturated heterocycles. The van der Waals surface area contributed by atoms with E-state index in [2.05, 4.69) is 5.04 Å². The first-order valence-electron chi connectivity index (χ1n) is 0.365. The van der Waals surface area contributed by atoms with E-state index in [1.807, 2.05) is 0 Å². The average molecular weight is 753 g/mol. The van der Waals surface area contributed by atoms with Crippen molar-refractivity contribution in [3.05, 3.63) is 0 Å². The number of hydrogen-bond acceptors (Lipinski definition) is 3. The van der Waals surface area contributed by atoms with Crippen molar-refractivity contribution in [3.8, 4) is 0 Å². The van der Waals surface area contributed by atoms with Crippen LogP contribution in [0.2, 0.25) is 0 Å². The first-order valence-corrected chi connectivity index (χ1v) is 0.365. The molecular formula is H2CaNaNbO8TaTiU+7. The van der Waals surface area contributed by atoms with E-state index in [1.54, 1.807) is 0 Å². The van der Waals surface area contributed by atoms with Crippen molar-refractivity contribution in [2.24, 2.45) is 0 Å². The molecule has 0 aliphatic heterocycles. The molecular weight excluding hydrogens is 751 g/mol. The van der Waals surface area contributed by atoms with Gasteiger partial charge >= 0.3 is 134 Å². The van der Waals surface area contributed by atoms with Crippen LogP contribution in [-0.2, 0) is 98.9 Å². The van der Waals surface area contributed by atoms with Gasteiger partial charge in [0.25, 0.3) is 0 Å². The van der Waals surface area contributed by atoms with Gasteiger partial charge in [0.05, 0.1) is 0 Å². The van der Waals surface area contributed by atoms with Gasteiger partial charge in [-0.1, -0.05) is 5.04 Å². The Balaban J connectivity index is -0.000000000364. The van der Waals surface area contributed by atoms with Gasteiger partial charge in [-0.2, -0.15) is 0 Å². The molecule has 0 spiro atoms. The Hall–Kier alpha value is 5.19. The molecule has 0 aliphatic carbocycles. The van der Waals surface area contributed by atoms with Gasteiger partial charge in [0.2, 0.25) is 0 Å². The van der Waals surface area contributed by atoms with E-state index in [0.29, 0.717) is 0 Å². The van der Waals surface area contributed by atoms with Crippen LogP contribution in [0, 0.1) is 31.1 Å². The minimum atomic E-state index is 0. The Morgan fingerprint density at radius 2 is 0.786 bits per heavy atom. The Bertz CT molecular complexity index is 29.3. The summed E-state index contributed by atoms with van der Waals surface area (Å²) in [4.78, 5) is 0. The minimum Gasteiger partial charge on any atom is -2.00 e. The van der Waals surface area contributed by atoms with Crippen molar-refractivity contribution in [1.29, 1.82) is 0 Å². The van der Waals surface area contributed by atoms with E-state index in [9.17, 15) is 0 Å². The molecule has 0 rings (SSSR count). The van der Waals surface area contributed by atoms with Crippen molar-refractivity contribution < 1.29 is 170 Å². The molecule has 0 saturated carbocycles. The monoisotopic (exact) mass is 753 g/mol. The Morgan fingerprint density at radius 3 is 0.786 bits per heavy atom. The van der Waals surface area contributed by atoms with E-state index in [-0.39, 0.29) is 192 Å². The van der Waals surface area contributed by atoms with Crippen molar-refractivity contribution >= 4 is 37.7 Å². The quantitative estimate of drug-likeness (QED) is 0.145. The van der Waals surface area contributed by atoms with Crippen molar-refractivity contribution in [2.75, 3.05) is 0 Å². The smallest absolute Gasteiger partial charge is 2.00 e. The van der Waals surface area contributed by atoms with Crippen LogP contribution in [0.15, 0.2) is 0 Å². The van der Waals surface area contributed by atoms with Crippen LogP contribution in [0.3, 0.4) is 0 Å². The van der Waals surface area contributed by atoms with Gasteiger partial charge in [-0.25, -0.2) is 10.5 Å². The second kappa shape index (κ2) is 140. The summed E-state index contributed by atoms with van der Waals surface area (Å²) < 4.78 is 0. The summed E-state index contributed by atoms with van der Waals surface area (Å²) >= 11 is 0. The van der Waals surface area contributed by atoms with Crippen LogP contribution < -0.4 is 29.6 Å². The first-order chi connectivity index (χ1) is 1.41. The predicted molar refractivity (Wildman–Crippen MR) is 15.5 cm³/mol. The fourth-order valence-electron chi connectivity index (χ4n) is 0. The maximum atomic E-state index is 6.62. The molecule has 0 aliphatic rings. The molecule has 2 N–H and O–H groups in total. The summed E-state index contributed by atoms with van der Waals surface area (Å²) in [6, 6.07) is 0. The maximum absolute atomic E-state index is 6.62. The van der Waals surface area contributed by atoms with Crippen LogP contribution in [-0.4, -0.2) is 48.3 Å². The fourth-order valence-corrected chi connectivity index (χ4v) is 0. The maximum Gasteiger partial charge on any atom is 5.00 e. The zero-order chi connectivity index (χ0) is 2.71. The van der Waals surface area contributed by atoms with Gasteiger partial charge in [-0.05, 0) is 0 Å². The summed E-state index contributed by atoms with van der Waals surface area (Å²) in [6.45, 7) is 0. The van der Waals surface area contributed by atoms with E-state index in [1.165, 1.54) is 0 Å². The molecule has 0 unspecified atom stereocenters. The summed E-state index contributed by atoms with van der Waals surface area (Å²) in [5, 5.41) is 15.5. The van der Waals surface area contributed by atoms with Gasteiger partial charge in [0.1, 0.15) is 0 Å². The molecule has 0 amide bonds. The molecule has 0 fully saturated rings. The third-order valence-electron chi connectivity index (χ3n) is 0. The van der Waals surface area contributed by atoms with Crippen molar-refractivity contribution in [2.45, 2.75) is 0 Å². The normalized spacial score (nSPS) is 1.29. The van der Waals surface area contributed by atoms with Gasteiger partial charge in [-0.15, -0.1) is 0 Å². The largest absolute Gasteiger partial charge is 5.00 e. The second-order valence-corrected chi connectivity index (χ2v) is 0.0816. The van der Waals surface area contributed by atoms with E-state index in [0.717, 1.165) is 0 Å². The van der Waals surface area contributed by atoms with Crippen molar-refractivity contribution in [3.63, 3.8) is 0 Å². The third kappa shape index (κ3) is 167. The van der Waals surface area contributed by atoms with Crippen LogP contribution in [0.25, 0.3) is 0 Å². The minimum absolute atomic E-state index is 0. The molecule has 14 heteroatoms. The van der Waals surface area contributed by atoms with E-state index in [4.69, 9.17) is 10.5 Å². The van der Waals surface area contributed by atoms with Gasteiger partial charge in [-0.3, -0.25) is 0 Å². The standard InChI is InChI=1S/Ca.Na.Nb.H2O3.5O.Ta.Ti.U/c;;;1-3-2;;;;;;;;/h;;;1-2H;;;;;;;;/q+2;+1;+5;;5*-2;+5;+4;. The predicted octanol–water partition coefficient (Wildman–Crippen LogP) is -4.03.